The van der Waals surface area contributed by atoms with E-state index >= 15 is 0 Å². The summed E-state index contributed by atoms with van der Waals surface area (Å²) < 4.78 is 1.14. The maximum Gasteiger partial charge on any atom is 0.225 e. The number of aromatic nitrogens is 4. The Kier molecular flexibility index (Phi) is 5.99. The van der Waals surface area contributed by atoms with Crippen LogP contribution in [0.4, 0.5) is 11.8 Å². The third-order valence-electron chi connectivity index (χ3n) is 6.85. The fraction of sp³-hybridized carbons (Fsp3) is 0.583. The van der Waals surface area contributed by atoms with Crippen molar-refractivity contribution in [1.82, 2.24) is 19.9 Å². The van der Waals surface area contributed by atoms with E-state index in [2.05, 4.69) is 29.5 Å². The number of hydrogen-bond acceptors (Lipinski definition) is 8. The lowest BCUT2D eigenvalue weighted by atomic mass is 10.1. The van der Waals surface area contributed by atoms with Crippen molar-refractivity contribution in [2.24, 2.45) is 11.8 Å². The second-order valence-electron chi connectivity index (χ2n) is 9.31. The maximum atomic E-state index is 9.58. The molecule has 3 aromatic rings. The van der Waals surface area contributed by atoms with Crippen LogP contribution in [0, 0.1) is 18.8 Å². The van der Waals surface area contributed by atoms with E-state index in [1.807, 2.05) is 19.2 Å². The van der Waals surface area contributed by atoms with Gasteiger partial charge in [0.15, 0.2) is 0 Å². The first-order chi connectivity index (χ1) is 15.6. The summed E-state index contributed by atoms with van der Waals surface area (Å²) in [5, 5.41) is 17.7. The van der Waals surface area contributed by atoms with Gasteiger partial charge in [-0.05, 0) is 70.3 Å². The third kappa shape index (κ3) is 4.30. The van der Waals surface area contributed by atoms with E-state index in [1.54, 1.807) is 11.3 Å². The zero-order valence-corrected chi connectivity index (χ0v) is 19.9. The highest BCUT2D eigenvalue weighted by molar-refractivity contribution is 7.21. The molecule has 0 spiro atoms. The molecule has 2 aliphatic rings. The van der Waals surface area contributed by atoms with Gasteiger partial charge in [-0.3, -0.25) is 4.98 Å². The smallest absolute Gasteiger partial charge is 0.225 e. The molecule has 2 aliphatic carbocycles. The zero-order valence-electron chi connectivity index (χ0n) is 19.1. The van der Waals surface area contributed by atoms with E-state index in [0.29, 0.717) is 23.9 Å². The topological polar surface area (TPSA) is 95.9 Å². The summed E-state index contributed by atoms with van der Waals surface area (Å²) in [5.41, 5.74) is 3.91. The molecule has 3 aromatic heterocycles. The van der Waals surface area contributed by atoms with Gasteiger partial charge in [0.25, 0.3) is 0 Å². The number of pyridine rings is 1. The van der Waals surface area contributed by atoms with Crippen molar-refractivity contribution in [2.45, 2.75) is 71.4 Å². The van der Waals surface area contributed by atoms with E-state index in [4.69, 9.17) is 15.0 Å². The number of aryl methyl sites for hydroxylation is 2. The lowest BCUT2D eigenvalue weighted by Crippen LogP contribution is -2.22. The first kappa shape index (κ1) is 21.5. The van der Waals surface area contributed by atoms with Crippen LogP contribution in [0.5, 0.6) is 0 Å². The molecule has 0 bridgehead atoms. The number of fused-ring (bicyclic) bond motifs is 1. The molecule has 0 amide bonds. The Bertz CT molecular complexity index is 1110. The standard InChI is InChI=1S/C24H32N6OS/c1-4-18-21-19(9-10-25-18)32-23(29-21)20-14(3)27-24(26-13(2)16-6-7-16)30-22(20)28-17-8-5-15(11-17)12-31/h9-10,13,15-17,31H,4-8,11-12H2,1-3H3,(H2,26,27,28,30). The number of hydrogen-bond donors (Lipinski definition) is 3. The van der Waals surface area contributed by atoms with Gasteiger partial charge in [0.2, 0.25) is 5.95 Å². The summed E-state index contributed by atoms with van der Waals surface area (Å²) in [6, 6.07) is 2.71. The predicted molar refractivity (Wildman–Crippen MR) is 130 cm³/mol. The molecular weight excluding hydrogens is 420 g/mol. The third-order valence-corrected chi connectivity index (χ3v) is 7.89. The van der Waals surface area contributed by atoms with Gasteiger partial charge >= 0.3 is 0 Å². The van der Waals surface area contributed by atoms with Crippen LogP contribution in [0.25, 0.3) is 20.8 Å². The van der Waals surface area contributed by atoms with Gasteiger partial charge in [0.1, 0.15) is 16.3 Å². The average Bonchev–Trinajstić information content (AvgIpc) is 3.39. The highest BCUT2D eigenvalue weighted by atomic mass is 32.1. The van der Waals surface area contributed by atoms with E-state index in [1.165, 1.54) is 12.8 Å². The van der Waals surface area contributed by atoms with E-state index < -0.39 is 0 Å². The van der Waals surface area contributed by atoms with Gasteiger partial charge in [-0.1, -0.05) is 6.92 Å². The summed E-state index contributed by atoms with van der Waals surface area (Å²) >= 11 is 1.67. The molecule has 2 saturated carbocycles. The van der Waals surface area contributed by atoms with Gasteiger partial charge in [0.05, 0.1) is 21.7 Å². The van der Waals surface area contributed by atoms with E-state index in [0.717, 1.165) is 69.6 Å². The van der Waals surface area contributed by atoms with Crippen LogP contribution in [0.3, 0.4) is 0 Å². The molecule has 5 rings (SSSR count). The van der Waals surface area contributed by atoms with Crippen molar-refractivity contribution < 1.29 is 5.11 Å². The lowest BCUT2D eigenvalue weighted by Gasteiger charge is -2.20. The predicted octanol–water partition coefficient (Wildman–Crippen LogP) is 4.80. The van der Waals surface area contributed by atoms with Crippen LogP contribution in [0.15, 0.2) is 12.3 Å². The quantitative estimate of drug-likeness (QED) is 0.452. The Labute approximate surface area is 193 Å². The van der Waals surface area contributed by atoms with Gasteiger partial charge < -0.3 is 15.7 Å². The molecular formula is C24H32N6OS. The highest BCUT2D eigenvalue weighted by Gasteiger charge is 2.30. The van der Waals surface area contributed by atoms with Crippen molar-refractivity contribution in [1.29, 1.82) is 0 Å². The van der Waals surface area contributed by atoms with Crippen LogP contribution >= 0.6 is 11.3 Å². The number of aliphatic hydroxyl groups excluding tert-OH is 1. The van der Waals surface area contributed by atoms with Crippen LogP contribution < -0.4 is 10.6 Å². The van der Waals surface area contributed by atoms with Crippen LogP contribution in [0.2, 0.25) is 0 Å². The summed E-state index contributed by atoms with van der Waals surface area (Å²) in [4.78, 5) is 19.3. The Morgan fingerprint density at radius 2 is 2.03 bits per heavy atom. The summed E-state index contributed by atoms with van der Waals surface area (Å²) in [7, 11) is 0. The largest absolute Gasteiger partial charge is 0.396 e. The number of nitrogens with one attached hydrogen (secondary N) is 2. The zero-order chi connectivity index (χ0) is 22.2. The Morgan fingerprint density at radius 3 is 2.75 bits per heavy atom. The van der Waals surface area contributed by atoms with Crippen molar-refractivity contribution in [3.05, 3.63) is 23.7 Å². The van der Waals surface area contributed by atoms with Crippen molar-refractivity contribution in [2.75, 3.05) is 17.2 Å². The van der Waals surface area contributed by atoms with Gasteiger partial charge in [-0.2, -0.15) is 4.98 Å². The molecule has 0 radical (unpaired) electrons. The molecule has 2 fully saturated rings. The second kappa shape index (κ2) is 8.90. The summed E-state index contributed by atoms with van der Waals surface area (Å²) in [6.45, 7) is 6.63. The molecule has 3 heterocycles. The summed E-state index contributed by atoms with van der Waals surface area (Å²) in [5.74, 6) is 2.62. The van der Waals surface area contributed by atoms with Crippen LogP contribution in [0.1, 0.15) is 57.3 Å². The summed E-state index contributed by atoms with van der Waals surface area (Å²) in [6.07, 6.45) is 8.33. The number of aliphatic hydroxyl groups is 1. The Hall–Kier alpha value is -2.32. The second-order valence-corrected chi connectivity index (χ2v) is 10.3. The number of anilines is 2. The molecule has 3 N–H and O–H groups in total. The minimum atomic E-state index is 0.254. The molecule has 7 nitrogen and oxygen atoms in total. The number of nitrogens with zero attached hydrogens (tertiary/aromatic N) is 4. The molecule has 0 saturated heterocycles. The first-order valence-corrected chi connectivity index (χ1v) is 12.6. The maximum absolute atomic E-state index is 9.58. The molecule has 32 heavy (non-hydrogen) atoms. The minimum Gasteiger partial charge on any atom is -0.396 e. The monoisotopic (exact) mass is 452 g/mol. The molecule has 3 unspecified atom stereocenters. The van der Waals surface area contributed by atoms with Crippen LogP contribution in [-0.2, 0) is 6.42 Å². The fourth-order valence-electron chi connectivity index (χ4n) is 4.75. The fourth-order valence-corrected chi connectivity index (χ4v) is 5.83. The molecule has 0 aromatic carbocycles. The lowest BCUT2D eigenvalue weighted by molar-refractivity contribution is 0.229. The average molecular weight is 453 g/mol. The number of rotatable bonds is 8. The Balaban J connectivity index is 1.54. The normalized spacial score (nSPS) is 21.8. The molecule has 170 valence electrons. The first-order valence-electron chi connectivity index (χ1n) is 11.8. The van der Waals surface area contributed by atoms with Gasteiger partial charge in [-0.25, -0.2) is 9.97 Å². The van der Waals surface area contributed by atoms with E-state index in [9.17, 15) is 5.11 Å². The van der Waals surface area contributed by atoms with Gasteiger partial charge in [0, 0.05) is 24.9 Å². The van der Waals surface area contributed by atoms with Crippen molar-refractivity contribution >= 4 is 33.3 Å². The van der Waals surface area contributed by atoms with Crippen molar-refractivity contribution in [3.63, 3.8) is 0 Å². The van der Waals surface area contributed by atoms with Crippen molar-refractivity contribution in [3.8, 4) is 10.6 Å². The van der Waals surface area contributed by atoms with Gasteiger partial charge in [-0.15, -0.1) is 11.3 Å². The number of thiazole rings is 1. The molecule has 8 heteroatoms. The minimum absolute atomic E-state index is 0.254. The Morgan fingerprint density at radius 1 is 1.19 bits per heavy atom. The van der Waals surface area contributed by atoms with E-state index in [-0.39, 0.29) is 6.61 Å². The molecule has 0 aliphatic heterocycles. The molecule has 3 atom stereocenters. The SMILES string of the molecule is CCc1nccc2sc(-c3c(C)nc(NC(C)C4CC4)nc3NC3CCC(CO)C3)nc12. The highest BCUT2D eigenvalue weighted by Crippen LogP contribution is 2.39. The van der Waals surface area contributed by atoms with Crippen LogP contribution in [-0.4, -0.2) is 43.7 Å².